The van der Waals surface area contributed by atoms with Gasteiger partial charge in [-0.1, -0.05) is 6.07 Å². The van der Waals surface area contributed by atoms with Crippen molar-refractivity contribution >= 4 is 39.0 Å². The van der Waals surface area contributed by atoms with Gasteiger partial charge in [0.25, 0.3) is 15.9 Å². The number of carbonyl (C=O) groups excluding carboxylic acids is 1. The van der Waals surface area contributed by atoms with E-state index in [1.807, 2.05) is 19.1 Å². The van der Waals surface area contributed by atoms with Crippen LogP contribution in [0, 0.1) is 6.92 Å². The molecule has 4 rings (SSSR count). The second-order valence-electron chi connectivity index (χ2n) is 7.31. The maximum absolute atomic E-state index is 13.0. The highest BCUT2D eigenvalue weighted by atomic mass is 32.2. The highest BCUT2D eigenvalue weighted by molar-refractivity contribution is 7.92. The number of morpholine rings is 1. The van der Waals surface area contributed by atoms with Crippen molar-refractivity contribution in [2.24, 2.45) is 0 Å². The monoisotopic (exact) mass is 473 g/mol. The van der Waals surface area contributed by atoms with Crippen molar-refractivity contribution in [2.75, 3.05) is 31.2 Å². The van der Waals surface area contributed by atoms with E-state index < -0.39 is 15.9 Å². The molecule has 1 saturated heterocycles. The van der Waals surface area contributed by atoms with E-state index in [9.17, 15) is 13.2 Å². The molecule has 0 saturated carbocycles. The Morgan fingerprint density at radius 2 is 1.97 bits per heavy atom. The van der Waals surface area contributed by atoms with E-state index in [1.165, 1.54) is 35.3 Å². The quantitative estimate of drug-likeness (QED) is 0.324. The maximum Gasteiger partial charge on any atom is 0.277 e. The summed E-state index contributed by atoms with van der Waals surface area (Å²) in [4.78, 5) is 14.3. The maximum atomic E-state index is 13.0. The van der Waals surface area contributed by atoms with Gasteiger partial charge in [-0.3, -0.25) is 10.0 Å². The summed E-state index contributed by atoms with van der Waals surface area (Å²) < 4.78 is 32.8. The summed E-state index contributed by atoms with van der Waals surface area (Å²) in [6.07, 6.45) is 5.36. The van der Waals surface area contributed by atoms with Crippen LogP contribution in [0.15, 0.2) is 59.1 Å². The summed E-state index contributed by atoms with van der Waals surface area (Å²) in [6.45, 7) is 5.19. The predicted molar refractivity (Wildman–Crippen MR) is 124 cm³/mol. The van der Waals surface area contributed by atoms with Gasteiger partial charge in [-0.2, -0.15) is 8.42 Å². The van der Waals surface area contributed by atoms with Crippen molar-refractivity contribution in [1.29, 1.82) is 0 Å². The molecule has 8 nitrogen and oxygen atoms in total. The first kappa shape index (κ1) is 22.3. The average Bonchev–Trinajstić information content (AvgIpc) is 3.49. The summed E-state index contributed by atoms with van der Waals surface area (Å²) >= 11 is 1.22. The summed E-state index contributed by atoms with van der Waals surface area (Å²) in [5.41, 5.74) is 5.22. The van der Waals surface area contributed by atoms with Crippen molar-refractivity contribution in [1.82, 2.24) is 9.45 Å². The minimum Gasteiger partial charge on any atom is -0.378 e. The lowest BCUT2D eigenvalue weighted by Gasteiger charge is -2.29. The molecule has 1 fully saturated rings. The first-order valence-corrected chi connectivity index (χ1v) is 12.2. The number of hydrogen-bond acceptors (Lipinski definition) is 7. The Kier molecular flexibility index (Phi) is 6.47. The topological polar surface area (TPSA) is 101 Å². The number of carbonyl (C=O) groups is 1. The molecule has 0 bridgehead atoms. The number of benzene rings is 1. The molecule has 168 valence electrons. The summed E-state index contributed by atoms with van der Waals surface area (Å²) in [6, 6.07) is 11.2. The molecule has 0 atom stereocenters. The number of ether oxygens (including phenoxy) is 1. The van der Waals surface area contributed by atoms with Crippen LogP contribution in [0.4, 0.5) is 5.69 Å². The number of nitrogens with zero attached hydrogens (tertiary/aromatic N) is 2. The van der Waals surface area contributed by atoms with E-state index >= 15 is 0 Å². The average molecular weight is 474 g/mol. The van der Waals surface area contributed by atoms with Gasteiger partial charge >= 0.3 is 0 Å². The van der Waals surface area contributed by atoms with E-state index in [1.54, 1.807) is 12.1 Å². The predicted octanol–water partition coefficient (Wildman–Crippen LogP) is 3.12. The lowest BCUT2D eigenvalue weighted by Crippen LogP contribution is -2.36. The Labute approximate surface area is 190 Å². The number of amides is 1. The van der Waals surface area contributed by atoms with Gasteiger partial charge in [-0.25, -0.2) is 9.45 Å². The minimum atomic E-state index is -3.76. The molecule has 32 heavy (non-hydrogen) atoms. The van der Waals surface area contributed by atoms with Gasteiger partial charge in [0.05, 0.1) is 13.2 Å². The van der Waals surface area contributed by atoms with Crippen LogP contribution in [0.5, 0.6) is 0 Å². The SMILES string of the molecule is Cc1cc(N2CCOCC2)ccc1-c1ccc(S(=O)(=O)n2ccc(C=CC(=O)NO)c2)s1. The van der Waals surface area contributed by atoms with Crippen molar-refractivity contribution in [3.8, 4) is 10.4 Å². The van der Waals surface area contributed by atoms with E-state index in [4.69, 9.17) is 9.94 Å². The van der Waals surface area contributed by atoms with Crippen LogP contribution in [0.25, 0.3) is 16.5 Å². The highest BCUT2D eigenvalue weighted by Gasteiger charge is 2.20. The van der Waals surface area contributed by atoms with Gasteiger partial charge in [-0.15, -0.1) is 11.3 Å². The molecule has 0 spiro atoms. The molecule has 3 heterocycles. The Morgan fingerprint density at radius 1 is 1.19 bits per heavy atom. The Hall–Kier alpha value is -2.92. The first-order valence-electron chi connectivity index (χ1n) is 9.98. The third-order valence-electron chi connectivity index (χ3n) is 5.19. The van der Waals surface area contributed by atoms with E-state index in [-0.39, 0.29) is 4.21 Å². The normalized spacial score (nSPS) is 14.8. The molecule has 0 aliphatic carbocycles. The molecule has 1 aliphatic heterocycles. The van der Waals surface area contributed by atoms with Crippen LogP contribution in [-0.2, 0) is 19.6 Å². The molecule has 1 aromatic carbocycles. The summed E-state index contributed by atoms with van der Waals surface area (Å²) in [5, 5.41) is 8.54. The fraction of sp³-hybridized carbons (Fsp3) is 0.227. The zero-order chi connectivity index (χ0) is 22.7. The zero-order valence-electron chi connectivity index (χ0n) is 17.4. The number of aromatic nitrogens is 1. The first-order chi connectivity index (χ1) is 15.4. The molecular formula is C22H23N3O5S2. The number of anilines is 1. The number of nitrogens with one attached hydrogen (secondary N) is 1. The van der Waals surface area contributed by atoms with Gasteiger partial charge < -0.3 is 9.64 Å². The van der Waals surface area contributed by atoms with Gasteiger partial charge in [0.1, 0.15) is 4.21 Å². The van der Waals surface area contributed by atoms with Crippen LogP contribution in [0.3, 0.4) is 0 Å². The highest BCUT2D eigenvalue weighted by Crippen LogP contribution is 2.35. The van der Waals surface area contributed by atoms with Crippen molar-refractivity contribution < 1.29 is 23.2 Å². The third-order valence-corrected chi connectivity index (χ3v) is 8.41. The van der Waals surface area contributed by atoms with Crippen molar-refractivity contribution in [3.63, 3.8) is 0 Å². The molecule has 2 aromatic heterocycles. The Bertz CT molecular complexity index is 1250. The van der Waals surface area contributed by atoms with E-state index in [0.29, 0.717) is 5.56 Å². The molecular weight excluding hydrogens is 450 g/mol. The summed E-state index contributed by atoms with van der Waals surface area (Å²) in [5.74, 6) is -0.696. The third kappa shape index (κ3) is 4.63. The fourth-order valence-corrected chi connectivity index (χ4v) is 6.21. The number of thiophene rings is 1. The van der Waals surface area contributed by atoms with Crippen LogP contribution in [0.2, 0.25) is 0 Å². The Morgan fingerprint density at radius 3 is 2.69 bits per heavy atom. The molecule has 10 heteroatoms. The van der Waals surface area contributed by atoms with Gasteiger partial charge in [0.2, 0.25) is 0 Å². The van der Waals surface area contributed by atoms with Crippen LogP contribution in [0.1, 0.15) is 11.1 Å². The fourth-order valence-electron chi connectivity index (χ4n) is 3.50. The number of hydrogen-bond donors (Lipinski definition) is 2. The molecule has 1 amide bonds. The van der Waals surface area contributed by atoms with E-state index in [2.05, 4.69) is 17.0 Å². The van der Waals surface area contributed by atoms with Crippen LogP contribution in [-0.4, -0.2) is 49.8 Å². The van der Waals surface area contributed by atoms with E-state index in [0.717, 1.165) is 58.0 Å². The zero-order valence-corrected chi connectivity index (χ0v) is 19.0. The molecule has 3 aromatic rings. The Balaban J connectivity index is 1.56. The van der Waals surface area contributed by atoms with Crippen molar-refractivity contribution in [2.45, 2.75) is 11.1 Å². The summed E-state index contributed by atoms with van der Waals surface area (Å²) in [7, 11) is -3.76. The molecule has 0 radical (unpaired) electrons. The van der Waals surface area contributed by atoms with Crippen LogP contribution < -0.4 is 10.4 Å². The second kappa shape index (κ2) is 9.29. The second-order valence-corrected chi connectivity index (χ2v) is 10.5. The van der Waals surface area contributed by atoms with Gasteiger partial charge in [-0.05, 0) is 60.0 Å². The molecule has 1 aliphatic rings. The van der Waals surface area contributed by atoms with Gasteiger partial charge in [0, 0.05) is 42.1 Å². The smallest absolute Gasteiger partial charge is 0.277 e. The molecule has 2 N–H and O–H groups in total. The lowest BCUT2D eigenvalue weighted by atomic mass is 10.1. The van der Waals surface area contributed by atoms with Crippen LogP contribution >= 0.6 is 11.3 Å². The minimum absolute atomic E-state index is 0.225. The van der Waals surface area contributed by atoms with Gasteiger partial charge in [0.15, 0.2) is 0 Å². The number of aryl methyl sites for hydroxylation is 1. The number of hydroxylamine groups is 1. The largest absolute Gasteiger partial charge is 0.378 e. The molecule has 0 unspecified atom stereocenters. The number of rotatable bonds is 6. The van der Waals surface area contributed by atoms with Crippen molar-refractivity contribution in [3.05, 3.63) is 66.0 Å². The standard InChI is InChI=1S/C22H23N3O5S2/c1-16-14-18(24-10-12-30-13-11-24)3-4-19(16)20-5-7-22(31-20)32(28,29)25-9-8-17(15-25)2-6-21(26)23-27/h2-9,14-15,27H,10-13H2,1H3,(H,23,26). The lowest BCUT2D eigenvalue weighted by molar-refractivity contribution is -0.124.